The van der Waals surface area contributed by atoms with E-state index >= 15 is 0 Å². The number of amides is 2. The Balaban J connectivity index is 1.50. The Hall–Kier alpha value is -3.72. The number of aliphatic hydroxyl groups excluding tert-OH is 1. The quantitative estimate of drug-likeness (QED) is 0.340. The minimum Gasteiger partial charge on any atom is -0.496 e. The van der Waals surface area contributed by atoms with Crippen LogP contribution in [0.4, 0.5) is 10.5 Å². The number of carbonyl (C=O) groups is 1. The second-order valence-electron chi connectivity index (χ2n) is 9.47. The van der Waals surface area contributed by atoms with Gasteiger partial charge >= 0.3 is 6.03 Å². The Morgan fingerprint density at radius 3 is 2.55 bits per heavy atom. The zero-order chi connectivity index (χ0) is 27.1. The summed E-state index contributed by atoms with van der Waals surface area (Å²) in [6.45, 7) is 4.44. The molecule has 1 N–H and O–H groups in total. The number of hydrogen-bond donors (Lipinski definition) is 1. The standard InChI is InChI=1S/C29H38N4O5/c1-5-6-7-17-38-26-19-23(11-12-24(26)36-3)33-15-8-14-32(29(33)35)20-22-10-9-21(18-25(22)37-4)27(34)28-30-13-16-31(28)2/h9-13,16,18-19,27,34H,5-8,14-15,17,20H2,1-4H3. The monoisotopic (exact) mass is 522 g/mol. The van der Waals surface area contributed by atoms with Crippen molar-refractivity contribution in [1.29, 1.82) is 0 Å². The van der Waals surface area contributed by atoms with Gasteiger partial charge in [0.1, 0.15) is 17.7 Å². The number of unbranched alkanes of at least 4 members (excludes halogenated alkanes) is 2. The number of methoxy groups -OCH3 is 2. The summed E-state index contributed by atoms with van der Waals surface area (Å²) in [6, 6.07) is 11.1. The van der Waals surface area contributed by atoms with E-state index in [-0.39, 0.29) is 6.03 Å². The Morgan fingerprint density at radius 1 is 1.03 bits per heavy atom. The van der Waals surface area contributed by atoms with Crippen LogP contribution >= 0.6 is 0 Å². The number of aliphatic hydroxyl groups is 1. The van der Waals surface area contributed by atoms with Gasteiger partial charge in [-0.15, -0.1) is 0 Å². The Morgan fingerprint density at radius 2 is 1.84 bits per heavy atom. The first-order chi connectivity index (χ1) is 18.5. The first-order valence-electron chi connectivity index (χ1n) is 13.2. The van der Waals surface area contributed by atoms with Gasteiger partial charge in [-0.1, -0.05) is 31.9 Å². The Kier molecular flexibility index (Phi) is 9.12. The van der Waals surface area contributed by atoms with Gasteiger partial charge in [0.25, 0.3) is 0 Å². The number of imidazole rings is 1. The maximum Gasteiger partial charge on any atom is 0.324 e. The number of carbonyl (C=O) groups excluding carboxylic acids is 1. The lowest BCUT2D eigenvalue weighted by atomic mass is 10.0. The van der Waals surface area contributed by atoms with E-state index in [9.17, 15) is 9.90 Å². The predicted molar refractivity (Wildman–Crippen MR) is 146 cm³/mol. The van der Waals surface area contributed by atoms with Crippen molar-refractivity contribution in [3.8, 4) is 17.2 Å². The number of aromatic nitrogens is 2. The van der Waals surface area contributed by atoms with E-state index in [1.54, 1.807) is 36.1 Å². The Bertz CT molecular complexity index is 1230. The van der Waals surface area contributed by atoms with Crippen molar-refractivity contribution in [3.05, 3.63) is 65.7 Å². The number of ether oxygens (including phenoxy) is 3. The molecule has 9 nitrogen and oxygen atoms in total. The van der Waals surface area contributed by atoms with E-state index < -0.39 is 6.10 Å². The zero-order valence-electron chi connectivity index (χ0n) is 22.7. The Labute approximate surface area is 224 Å². The van der Waals surface area contributed by atoms with Gasteiger partial charge < -0.3 is 28.8 Å². The first kappa shape index (κ1) is 27.3. The minimum atomic E-state index is -0.876. The number of urea groups is 1. The molecule has 2 aromatic carbocycles. The van der Waals surface area contributed by atoms with Gasteiger partial charge in [0.2, 0.25) is 0 Å². The van der Waals surface area contributed by atoms with Gasteiger partial charge in [-0.25, -0.2) is 9.78 Å². The van der Waals surface area contributed by atoms with Crippen LogP contribution in [0.3, 0.4) is 0 Å². The highest BCUT2D eigenvalue weighted by Gasteiger charge is 2.28. The number of benzene rings is 2. The molecule has 3 aromatic rings. The third-order valence-corrected chi connectivity index (χ3v) is 6.87. The van der Waals surface area contributed by atoms with Gasteiger partial charge in [0, 0.05) is 49.8 Å². The molecule has 2 heterocycles. The molecule has 1 aliphatic rings. The maximum absolute atomic E-state index is 13.6. The molecule has 1 aliphatic heterocycles. The van der Waals surface area contributed by atoms with Crippen molar-refractivity contribution in [2.45, 2.75) is 45.3 Å². The molecule has 4 rings (SSSR count). The van der Waals surface area contributed by atoms with Crippen LogP contribution in [0.1, 0.15) is 55.7 Å². The molecule has 1 aromatic heterocycles. The first-order valence-corrected chi connectivity index (χ1v) is 13.2. The normalized spacial score (nSPS) is 14.5. The van der Waals surface area contributed by atoms with Crippen molar-refractivity contribution in [2.24, 2.45) is 7.05 Å². The molecule has 1 unspecified atom stereocenters. The van der Waals surface area contributed by atoms with Crippen LogP contribution in [0, 0.1) is 0 Å². The molecule has 38 heavy (non-hydrogen) atoms. The summed E-state index contributed by atoms with van der Waals surface area (Å²) < 4.78 is 18.9. The summed E-state index contributed by atoms with van der Waals surface area (Å²) in [5.41, 5.74) is 2.33. The summed E-state index contributed by atoms with van der Waals surface area (Å²) in [5, 5.41) is 10.8. The van der Waals surface area contributed by atoms with Crippen molar-refractivity contribution in [3.63, 3.8) is 0 Å². The molecule has 0 saturated carbocycles. The van der Waals surface area contributed by atoms with Gasteiger partial charge in [0.05, 0.1) is 27.4 Å². The van der Waals surface area contributed by atoms with Crippen LogP contribution in [0.2, 0.25) is 0 Å². The summed E-state index contributed by atoms with van der Waals surface area (Å²) in [7, 11) is 5.06. The van der Waals surface area contributed by atoms with Crippen LogP contribution in [-0.2, 0) is 13.6 Å². The summed E-state index contributed by atoms with van der Waals surface area (Å²) in [6.07, 6.45) is 6.61. The second kappa shape index (κ2) is 12.7. The largest absolute Gasteiger partial charge is 0.496 e. The van der Waals surface area contributed by atoms with E-state index in [0.29, 0.717) is 54.9 Å². The highest BCUT2D eigenvalue weighted by molar-refractivity contribution is 5.93. The molecular formula is C29H38N4O5. The van der Waals surface area contributed by atoms with E-state index in [1.165, 1.54) is 0 Å². The lowest BCUT2D eigenvalue weighted by molar-refractivity contribution is 0.191. The fourth-order valence-corrected chi connectivity index (χ4v) is 4.71. The number of anilines is 1. The van der Waals surface area contributed by atoms with Crippen LogP contribution in [0.15, 0.2) is 48.8 Å². The summed E-state index contributed by atoms with van der Waals surface area (Å²) >= 11 is 0. The van der Waals surface area contributed by atoms with Gasteiger partial charge in [-0.3, -0.25) is 4.90 Å². The number of rotatable bonds is 12. The van der Waals surface area contributed by atoms with Crippen molar-refractivity contribution in [1.82, 2.24) is 14.5 Å². The lowest BCUT2D eigenvalue weighted by Gasteiger charge is -2.36. The molecule has 1 fully saturated rings. The highest BCUT2D eigenvalue weighted by atomic mass is 16.5. The van der Waals surface area contributed by atoms with Gasteiger partial charge in [0.15, 0.2) is 11.5 Å². The van der Waals surface area contributed by atoms with E-state index in [0.717, 1.165) is 36.9 Å². The molecule has 1 saturated heterocycles. The van der Waals surface area contributed by atoms with E-state index in [1.807, 2.05) is 48.3 Å². The van der Waals surface area contributed by atoms with Crippen molar-refractivity contribution in [2.75, 3.05) is 38.8 Å². The average Bonchev–Trinajstić information content (AvgIpc) is 3.37. The van der Waals surface area contributed by atoms with Crippen molar-refractivity contribution < 1.29 is 24.1 Å². The fraction of sp³-hybridized carbons (Fsp3) is 0.448. The third kappa shape index (κ3) is 6.05. The molecule has 0 spiro atoms. The zero-order valence-corrected chi connectivity index (χ0v) is 22.7. The van der Waals surface area contributed by atoms with Crippen LogP contribution in [-0.4, -0.2) is 59.5 Å². The molecule has 9 heteroatoms. The van der Waals surface area contributed by atoms with Crippen molar-refractivity contribution >= 4 is 11.7 Å². The average molecular weight is 523 g/mol. The third-order valence-electron chi connectivity index (χ3n) is 6.87. The molecule has 1 atom stereocenters. The van der Waals surface area contributed by atoms with Crippen LogP contribution in [0.5, 0.6) is 17.2 Å². The number of nitrogens with zero attached hydrogens (tertiary/aromatic N) is 4. The van der Waals surface area contributed by atoms with Crippen LogP contribution in [0.25, 0.3) is 0 Å². The predicted octanol–water partition coefficient (Wildman–Crippen LogP) is 4.92. The molecule has 204 valence electrons. The number of aryl methyl sites for hydroxylation is 1. The van der Waals surface area contributed by atoms with E-state index in [2.05, 4.69) is 11.9 Å². The lowest BCUT2D eigenvalue weighted by Crippen LogP contribution is -2.49. The number of hydrogen-bond acceptors (Lipinski definition) is 6. The topological polar surface area (TPSA) is 89.3 Å². The van der Waals surface area contributed by atoms with Gasteiger partial charge in [-0.05, 0) is 36.6 Å². The van der Waals surface area contributed by atoms with E-state index in [4.69, 9.17) is 14.2 Å². The second-order valence-corrected chi connectivity index (χ2v) is 9.47. The molecular weight excluding hydrogens is 484 g/mol. The minimum absolute atomic E-state index is 0.0717. The van der Waals surface area contributed by atoms with Crippen LogP contribution < -0.4 is 19.1 Å². The summed E-state index contributed by atoms with van der Waals surface area (Å²) in [4.78, 5) is 21.4. The SMILES string of the molecule is CCCCCOc1cc(N2CCCN(Cc3ccc(C(O)c4nccn4C)cc3OC)C2=O)ccc1OC. The highest BCUT2D eigenvalue weighted by Crippen LogP contribution is 2.34. The maximum atomic E-state index is 13.6. The molecule has 0 aliphatic carbocycles. The summed E-state index contributed by atoms with van der Waals surface area (Å²) in [5.74, 6) is 2.47. The smallest absolute Gasteiger partial charge is 0.324 e. The molecule has 0 radical (unpaired) electrons. The molecule has 2 amide bonds. The van der Waals surface area contributed by atoms with Gasteiger partial charge in [-0.2, -0.15) is 0 Å². The molecule has 0 bridgehead atoms. The fourth-order valence-electron chi connectivity index (χ4n) is 4.71.